The molecule has 0 bridgehead atoms. The van der Waals surface area contributed by atoms with Gasteiger partial charge >= 0.3 is 0 Å². The molecule has 4 N–H and O–H groups in total. The van der Waals surface area contributed by atoms with E-state index in [1.165, 1.54) is 0 Å². The number of hydrogen-bond acceptors (Lipinski definition) is 4. The van der Waals surface area contributed by atoms with Crippen molar-refractivity contribution in [1.29, 1.82) is 5.41 Å². The molecule has 1 aliphatic heterocycles. The first-order valence-electron chi connectivity index (χ1n) is 2.74. The summed E-state index contributed by atoms with van der Waals surface area (Å²) >= 11 is 0. The van der Waals surface area contributed by atoms with Crippen LogP contribution in [0.15, 0.2) is 10.2 Å². The summed E-state index contributed by atoms with van der Waals surface area (Å²) in [5.74, 6) is -0.586. The zero-order valence-corrected chi connectivity index (χ0v) is 6.39. The normalized spacial score (nSPS) is 22.5. The summed E-state index contributed by atoms with van der Waals surface area (Å²) in [5, 5.41) is 15.8. The van der Waals surface area contributed by atoms with Crippen LogP contribution in [0.4, 0.5) is 0 Å². The Bertz CT molecular complexity index is 203. The van der Waals surface area contributed by atoms with Gasteiger partial charge in [0.1, 0.15) is 0 Å². The van der Waals surface area contributed by atoms with Gasteiger partial charge in [-0.3, -0.25) is 15.5 Å². The molecule has 0 aliphatic carbocycles. The summed E-state index contributed by atoms with van der Waals surface area (Å²) < 4.78 is 0. The number of nitrogens with one attached hydrogen (secondary N) is 2. The van der Waals surface area contributed by atoms with E-state index in [0.29, 0.717) is 0 Å². The van der Waals surface area contributed by atoms with E-state index in [9.17, 15) is 4.79 Å². The molecule has 0 aromatic heterocycles. The number of carbonyl (C=O) groups excluding carboxylic acids is 1. The minimum absolute atomic E-state index is 0. The standard InChI is InChI=1S/C4H7N5O.ClH/c5-1-2-3(10)7-4(6)9-8-2;/h2H,1,5H2,(H2,6,7,10);1H. The van der Waals surface area contributed by atoms with Crippen molar-refractivity contribution in [3.8, 4) is 0 Å². The Morgan fingerprint density at radius 2 is 2.36 bits per heavy atom. The molecular formula is C4H8ClN5O. The third-order valence-electron chi connectivity index (χ3n) is 1.06. The second kappa shape index (κ2) is 3.99. The minimum atomic E-state index is -0.617. The van der Waals surface area contributed by atoms with Crippen LogP contribution in [0.25, 0.3) is 0 Å². The number of nitrogens with two attached hydrogens (primary N) is 1. The van der Waals surface area contributed by atoms with Gasteiger partial charge in [-0.15, -0.1) is 17.5 Å². The van der Waals surface area contributed by atoms with Crippen LogP contribution >= 0.6 is 12.4 Å². The summed E-state index contributed by atoms with van der Waals surface area (Å²) in [6.45, 7) is 0.128. The smallest absolute Gasteiger partial charge is 0.254 e. The molecule has 0 spiro atoms. The number of nitrogens with zero attached hydrogens (tertiary/aromatic N) is 2. The highest BCUT2D eigenvalue weighted by Gasteiger charge is 2.20. The topological polar surface area (TPSA) is 104 Å². The predicted octanol–water partition coefficient (Wildman–Crippen LogP) is -0.748. The molecule has 1 aliphatic rings. The summed E-state index contributed by atoms with van der Waals surface area (Å²) in [6.07, 6.45) is 0. The Morgan fingerprint density at radius 3 is 2.82 bits per heavy atom. The van der Waals surface area contributed by atoms with Gasteiger partial charge in [0, 0.05) is 6.54 Å². The van der Waals surface area contributed by atoms with Crippen LogP contribution in [-0.2, 0) is 4.79 Å². The lowest BCUT2D eigenvalue weighted by Gasteiger charge is -2.11. The van der Waals surface area contributed by atoms with Crippen LogP contribution in [0.2, 0.25) is 0 Å². The van der Waals surface area contributed by atoms with Gasteiger partial charge in [-0.2, -0.15) is 5.11 Å². The van der Waals surface area contributed by atoms with Crippen LogP contribution in [0, 0.1) is 5.41 Å². The molecule has 0 aromatic carbocycles. The number of rotatable bonds is 1. The lowest BCUT2D eigenvalue weighted by molar-refractivity contribution is -0.121. The molecule has 1 unspecified atom stereocenters. The number of carbonyl (C=O) groups is 1. The van der Waals surface area contributed by atoms with Crippen molar-refractivity contribution in [2.75, 3.05) is 6.54 Å². The quantitative estimate of drug-likeness (QED) is 0.491. The van der Waals surface area contributed by atoms with Gasteiger partial charge in [0.15, 0.2) is 6.04 Å². The molecule has 1 heterocycles. The van der Waals surface area contributed by atoms with Gasteiger partial charge < -0.3 is 5.73 Å². The van der Waals surface area contributed by atoms with E-state index in [1.807, 2.05) is 0 Å². The molecule has 1 rings (SSSR count). The zero-order chi connectivity index (χ0) is 7.56. The fourth-order valence-electron chi connectivity index (χ4n) is 0.559. The number of guanidine groups is 1. The first kappa shape index (κ1) is 9.99. The summed E-state index contributed by atoms with van der Waals surface area (Å²) in [4.78, 5) is 10.8. The van der Waals surface area contributed by atoms with Crippen LogP contribution in [0.3, 0.4) is 0 Å². The van der Waals surface area contributed by atoms with Crippen LogP contribution in [-0.4, -0.2) is 24.5 Å². The van der Waals surface area contributed by atoms with Crippen molar-refractivity contribution in [3.05, 3.63) is 0 Å². The fourth-order valence-corrected chi connectivity index (χ4v) is 0.559. The minimum Gasteiger partial charge on any atom is -0.328 e. The number of azo groups is 1. The maximum atomic E-state index is 10.8. The third-order valence-corrected chi connectivity index (χ3v) is 1.06. The van der Waals surface area contributed by atoms with E-state index in [-0.39, 0.29) is 30.8 Å². The van der Waals surface area contributed by atoms with Gasteiger partial charge in [0.05, 0.1) is 0 Å². The van der Waals surface area contributed by atoms with Crippen LogP contribution < -0.4 is 11.1 Å². The Labute approximate surface area is 69.2 Å². The lowest BCUT2D eigenvalue weighted by Crippen LogP contribution is -2.43. The van der Waals surface area contributed by atoms with Crippen molar-refractivity contribution in [2.24, 2.45) is 16.0 Å². The van der Waals surface area contributed by atoms with E-state index in [4.69, 9.17) is 11.1 Å². The number of amides is 1. The SMILES string of the molecule is Cl.N=C1N=NC(CN)C(=O)N1. The van der Waals surface area contributed by atoms with Crippen molar-refractivity contribution in [3.63, 3.8) is 0 Å². The second-order valence-corrected chi connectivity index (χ2v) is 1.80. The maximum absolute atomic E-state index is 10.8. The van der Waals surface area contributed by atoms with E-state index in [0.717, 1.165) is 0 Å². The number of halogens is 1. The Balaban J connectivity index is 0.000001000. The molecule has 0 saturated heterocycles. The summed E-state index contributed by atoms with van der Waals surface area (Å²) in [5.41, 5.74) is 5.15. The molecule has 1 atom stereocenters. The highest BCUT2D eigenvalue weighted by molar-refractivity contribution is 5.99. The predicted molar refractivity (Wildman–Crippen MR) is 40.8 cm³/mol. The van der Waals surface area contributed by atoms with Crippen LogP contribution in [0.1, 0.15) is 0 Å². The highest BCUT2D eigenvalue weighted by atomic mass is 35.5. The Hall–Kier alpha value is -1.01. The molecular weight excluding hydrogens is 170 g/mol. The zero-order valence-electron chi connectivity index (χ0n) is 5.57. The average Bonchev–Trinajstić information content (AvgIpc) is 1.88. The van der Waals surface area contributed by atoms with Gasteiger partial charge in [0.2, 0.25) is 5.96 Å². The molecule has 62 valence electrons. The largest absolute Gasteiger partial charge is 0.328 e. The average molecular weight is 178 g/mol. The van der Waals surface area contributed by atoms with Gasteiger partial charge in [-0.1, -0.05) is 0 Å². The molecule has 0 saturated carbocycles. The molecule has 1 amide bonds. The van der Waals surface area contributed by atoms with Crippen LogP contribution in [0.5, 0.6) is 0 Å². The lowest BCUT2D eigenvalue weighted by atomic mass is 10.3. The van der Waals surface area contributed by atoms with Crippen molar-refractivity contribution >= 4 is 24.3 Å². The third kappa shape index (κ3) is 2.24. The second-order valence-electron chi connectivity index (χ2n) is 1.80. The van der Waals surface area contributed by atoms with Gasteiger partial charge in [0.25, 0.3) is 5.91 Å². The van der Waals surface area contributed by atoms with E-state index in [2.05, 4.69) is 15.5 Å². The molecule has 6 nitrogen and oxygen atoms in total. The van der Waals surface area contributed by atoms with Crippen molar-refractivity contribution < 1.29 is 4.79 Å². The summed E-state index contributed by atoms with van der Waals surface area (Å²) in [7, 11) is 0. The summed E-state index contributed by atoms with van der Waals surface area (Å²) in [6, 6.07) is -0.617. The highest BCUT2D eigenvalue weighted by Crippen LogP contribution is 1.95. The van der Waals surface area contributed by atoms with E-state index < -0.39 is 6.04 Å². The monoisotopic (exact) mass is 177 g/mol. The maximum Gasteiger partial charge on any atom is 0.254 e. The first-order chi connectivity index (χ1) is 4.74. The Kier molecular flexibility index (Phi) is 3.63. The molecule has 7 heteroatoms. The molecule has 11 heavy (non-hydrogen) atoms. The fraction of sp³-hybridized carbons (Fsp3) is 0.500. The van der Waals surface area contributed by atoms with Crippen molar-refractivity contribution in [1.82, 2.24) is 5.32 Å². The molecule has 0 radical (unpaired) electrons. The molecule has 0 fully saturated rings. The van der Waals surface area contributed by atoms with E-state index in [1.54, 1.807) is 0 Å². The van der Waals surface area contributed by atoms with Gasteiger partial charge in [-0.05, 0) is 0 Å². The van der Waals surface area contributed by atoms with E-state index >= 15 is 0 Å². The van der Waals surface area contributed by atoms with Gasteiger partial charge in [-0.25, -0.2) is 0 Å². The molecule has 0 aromatic rings. The first-order valence-corrected chi connectivity index (χ1v) is 2.74. The Morgan fingerprint density at radius 1 is 1.73 bits per heavy atom. The number of hydrogen-bond donors (Lipinski definition) is 3. The van der Waals surface area contributed by atoms with Crippen molar-refractivity contribution in [2.45, 2.75) is 6.04 Å².